The molecule has 3 aliphatic rings. The van der Waals surface area contributed by atoms with Crippen LogP contribution in [0.1, 0.15) is 32.4 Å². The number of phenolic OH excluding ortho intramolecular Hbond substituents is 1. The van der Waals surface area contributed by atoms with Crippen molar-refractivity contribution >= 4 is 47.4 Å². The van der Waals surface area contributed by atoms with Crippen LogP contribution in [0.4, 0.5) is 4.79 Å². The Morgan fingerprint density at radius 2 is 1.76 bits per heavy atom. The van der Waals surface area contributed by atoms with Gasteiger partial charge in [0.1, 0.15) is 29.2 Å². The van der Waals surface area contributed by atoms with Crippen LogP contribution < -0.4 is 10.6 Å². The van der Waals surface area contributed by atoms with Crippen molar-refractivity contribution < 1.29 is 39.0 Å². The molecule has 13 nitrogen and oxygen atoms in total. The predicted molar refractivity (Wildman–Crippen MR) is 129 cm³/mol. The minimum Gasteiger partial charge on any atom is -0.508 e. The number of carboxylic acids is 1. The number of aromatic hydroxyl groups is 1. The molecule has 0 aromatic heterocycles. The fraction of sp³-hybridized carbons (Fsp3) is 0.478. The van der Waals surface area contributed by atoms with E-state index >= 15 is 0 Å². The van der Waals surface area contributed by atoms with Gasteiger partial charge in [0, 0.05) is 24.4 Å². The van der Waals surface area contributed by atoms with Crippen molar-refractivity contribution in [2.75, 3.05) is 19.6 Å². The molecule has 1 aromatic rings. The van der Waals surface area contributed by atoms with Crippen LogP contribution in [0.25, 0.3) is 0 Å². The first kappa shape index (κ1) is 26.3. The van der Waals surface area contributed by atoms with Crippen molar-refractivity contribution in [2.45, 2.75) is 49.0 Å². The number of β-lactam (4-membered cyclic amide) rings is 1. The highest BCUT2D eigenvalue weighted by molar-refractivity contribution is 8.01. The number of carbonyl (C=O) groups is 6. The lowest BCUT2D eigenvalue weighted by Crippen LogP contribution is -2.71. The minimum atomic E-state index is -1.38. The number of nitrogens with one attached hydrogen (secondary N) is 2. The predicted octanol–water partition coefficient (Wildman–Crippen LogP) is -0.535. The van der Waals surface area contributed by atoms with E-state index in [1.54, 1.807) is 20.8 Å². The summed E-state index contributed by atoms with van der Waals surface area (Å²) in [5.74, 6) is -4.42. The molecule has 3 fully saturated rings. The second kappa shape index (κ2) is 9.57. The molecule has 1 aromatic carbocycles. The van der Waals surface area contributed by atoms with E-state index in [1.165, 1.54) is 45.8 Å². The third-order valence-corrected chi connectivity index (χ3v) is 8.24. The summed E-state index contributed by atoms with van der Waals surface area (Å²) in [6.45, 7) is 5.51. The Morgan fingerprint density at radius 3 is 2.35 bits per heavy atom. The van der Waals surface area contributed by atoms with Gasteiger partial charge >= 0.3 is 23.8 Å². The van der Waals surface area contributed by atoms with Gasteiger partial charge in [0.15, 0.2) is 0 Å². The molecule has 3 heterocycles. The van der Waals surface area contributed by atoms with E-state index in [-0.39, 0.29) is 24.4 Å². The van der Waals surface area contributed by atoms with Crippen LogP contribution in [0.2, 0.25) is 0 Å². The van der Waals surface area contributed by atoms with E-state index in [0.717, 1.165) is 4.90 Å². The fourth-order valence-corrected chi connectivity index (χ4v) is 6.35. The summed E-state index contributed by atoms with van der Waals surface area (Å²) in [6, 6.07) is 0.979. The summed E-state index contributed by atoms with van der Waals surface area (Å²) in [4.78, 5) is 78.8. The van der Waals surface area contributed by atoms with E-state index in [0.29, 0.717) is 6.54 Å². The van der Waals surface area contributed by atoms with Crippen LogP contribution in [0, 0.1) is 0 Å². The number of imide groups is 1. The van der Waals surface area contributed by atoms with E-state index in [2.05, 4.69) is 10.6 Å². The van der Waals surface area contributed by atoms with E-state index < -0.39 is 63.9 Å². The van der Waals surface area contributed by atoms with Gasteiger partial charge in [0.2, 0.25) is 11.8 Å². The molecule has 4 atom stereocenters. The summed E-state index contributed by atoms with van der Waals surface area (Å²) in [5, 5.41) is 23.7. The molecular weight excluding hydrogens is 506 g/mol. The molecule has 0 spiro atoms. The molecule has 3 aliphatic heterocycles. The Morgan fingerprint density at radius 1 is 1.11 bits per heavy atom. The topological polar surface area (TPSA) is 177 Å². The van der Waals surface area contributed by atoms with Gasteiger partial charge in [-0.1, -0.05) is 12.1 Å². The Kier molecular flexibility index (Phi) is 6.79. The number of piperazine rings is 1. The molecule has 0 unspecified atom stereocenters. The zero-order valence-corrected chi connectivity index (χ0v) is 21.2. The number of amides is 6. The van der Waals surface area contributed by atoms with Gasteiger partial charge in [-0.3, -0.25) is 24.1 Å². The highest BCUT2D eigenvalue weighted by atomic mass is 32.2. The smallest absolute Gasteiger partial charge is 0.327 e. The van der Waals surface area contributed by atoms with Gasteiger partial charge in [-0.15, -0.1) is 11.8 Å². The molecule has 198 valence electrons. The first-order chi connectivity index (χ1) is 17.4. The number of benzene rings is 1. The monoisotopic (exact) mass is 533 g/mol. The molecule has 14 heteroatoms. The molecule has 4 rings (SSSR count). The Bertz CT molecular complexity index is 1170. The van der Waals surface area contributed by atoms with Crippen LogP contribution in [-0.2, 0) is 24.0 Å². The summed E-state index contributed by atoms with van der Waals surface area (Å²) < 4.78 is -0.788. The van der Waals surface area contributed by atoms with Crippen molar-refractivity contribution in [1.82, 2.24) is 25.3 Å². The highest BCUT2D eigenvalue weighted by Crippen LogP contribution is 2.50. The maximum atomic E-state index is 13.3. The number of hydrogen-bond acceptors (Lipinski definition) is 8. The van der Waals surface area contributed by atoms with Gasteiger partial charge in [0.25, 0.3) is 0 Å². The van der Waals surface area contributed by atoms with Crippen LogP contribution in [-0.4, -0.2) is 102 Å². The normalized spacial score (nSPS) is 25.3. The summed E-state index contributed by atoms with van der Waals surface area (Å²) >= 11 is 1.25. The van der Waals surface area contributed by atoms with E-state index in [1.807, 2.05) is 0 Å². The zero-order valence-electron chi connectivity index (χ0n) is 20.3. The maximum absolute atomic E-state index is 13.3. The Labute approximate surface area is 216 Å². The quantitative estimate of drug-likeness (QED) is 0.276. The third kappa shape index (κ3) is 4.56. The van der Waals surface area contributed by atoms with Gasteiger partial charge in [-0.2, -0.15) is 0 Å². The first-order valence-corrected chi connectivity index (χ1v) is 12.5. The van der Waals surface area contributed by atoms with E-state index in [9.17, 15) is 39.0 Å². The molecular formula is C23H27N5O8S. The van der Waals surface area contributed by atoms with Gasteiger partial charge in [0.05, 0.1) is 0 Å². The third-order valence-electron chi connectivity index (χ3n) is 6.66. The number of fused-ring (bicyclic) bond motifs is 1. The molecule has 6 amide bonds. The molecule has 0 radical (unpaired) electrons. The summed E-state index contributed by atoms with van der Waals surface area (Å²) in [7, 11) is 0. The number of carbonyl (C=O) groups excluding carboxylic acids is 5. The fourth-order valence-electron chi connectivity index (χ4n) is 4.72. The number of carboxylic acid groups (broad SMARTS) is 1. The van der Waals surface area contributed by atoms with Crippen LogP contribution >= 0.6 is 11.8 Å². The second-order valence-corrected chi connectivity index (χ2v) is 11.2. The summed E-state index contributed by atoms with van der Waals surface area (Å²) in [5.41, 5.74) is 0.251. The van der Waals surface area contributed by atoms with Crippen molar-refractivity contribution in [3.63, 3.8) is 0 Å². The lowest BCUT2D eigenvalue weighted by Gasteiger charge is -2.44. The number of urea groups is 1. The second-order valence-electron chi connectivity index (χ2n) is 9.40. The minimum absolute atomic E-state index is 0.0609. The molecule has 3 saturated heterocycles. The van der Waals surface area contributed by atoms with Crippen molar-refractivity contribution in [2.24, 2.45) is 0 Å². The van der Waals surface area contributed by atoms with Crippen molar-refractivity contribution in [3.8, 4) is 5.75 Å². The average molecular weight is 534 g/mol. The lowest BCUT2D eigenvalue weighted by molar-refractivity contribution is -0.161. The zero-order chi connectivity index (χ0) is 27.2. The van der Waals surface area contributed by atoms with Crippen LogP contribution in [0.15, 0.2) is 24.3 Å². The molecule has 0 aliphatic carbocycles. The lowest BCUT2D eigenvalue weighted by atomic mass is 9.95. The number of likely N-dealkylation sites (N-methyl/N-ethyl adjacent to an activating group) is 1. The number of aliphatic carboxylic acids is 1. The first-order valence-electron chi connectivity index (χ1n) is 11.6. The van der Waals surface area contributed by atoms with Gasteiger partial charge < -0.3 is 30.6 Å². The number of rotatable bonds is 6. The number of hydrogen-bond donors (Lipinski definition) is 4. The maximum Gasteiger partial charge on any atom is 0.327 e. The van der Waals surface area contributed by atoms with Crippen LogP contribution in [0.5, 0.6) is 5.75 Å². The van der Waals surface area contributed by atoms with Gasteiger partial charge in [-0.05, 0) is 38.5 Å². The average Bonchev–Trinajstić information content (AvgIpc) is 3.10. The standard InChI is InChI=1S/C23H27N5O8S/c1-4-26-9-10-27(19(33)18(26)32)22(36)25-13(11-5-7-12(29)8-6-11)16(30)24-14-17(31)28-15(21(34)35)23(2,3)37-20(14)28/h5-8,13-15,20,29H,4,9-10H2,1-3H3,(H,24,30)(H,25,36)(H,34,35)/t13-,14-,15+,20-/m1/s1. The van der Waals surface area contributed by atoms with Crippen molar-refractivity contribution in [1.29, 1.82) is 0 Å². The largest absolute Gasteiger partial charge is 0.508 e. The molecule has 0 bridgehead atoms. The van der Waals surface area contributed by atoms with E-state index in [4.69, 9.17) is 0 Å². The molecule has 0 saturated carbocycles. The van der Waals surface area contributed by atoms with Gasteiger partial charge in [-0.25, -0.2) is 9.59 Å². The molecule has 4 N–H and O–H groups in total. The number of thioether (sulfide) groups is 1. The van der Waals surface area contributed by atoms with Crippen molar-refractivity contribution in [3.05, 3.63) is 29.8 Å². The SMILES string of the molecule is CCN1CCN(C(=O)N[C@@H](C(=O)N[C@@H]2C(=O)N3[C@@H]2SC(C)(C)[C@@H]3C(=O)O)c2ccc(O)cc2)C(=O)C1=O. The molecule has 37 heavy (non-hydrogen) atoms. The number of phenols is 1. The Hall–Kier alpha value is -3.81. The number of nitrogens with zero attached hydrogens (tertiary/aromatic N) is 3. The Balaban J connectivity index is 1.53. The highest BCUT2D eigenvalue weighted by Gasteiger charge is 2.64. The van der Waals surface area contributed by atoms with Crippen LogP contribution in [0.3, 0.4) is 0 Å². The summed E-state index contributed by atoms with van der Waals surface area (Å²) in [6.07, 6.45) is 0.